The lowest BCUT2D eigenvalue weighted by atomic mass is 9.90. The van der Waals surface area contributed by atoms with Crippen LogP contribution >= 0.6 is 0 Å². The van der Waals surface area contributed by atoms with Crippen LogP contribution in [0.3, 0.4) is 0 Å². The Morgan fingerprint density at radius 2 is 1.88 bits per heavy atom. The van der Waals surface area contributed by atoms with E-state index in [1.165, 1.54) is 6.20 Å². The second-order valence-electron chi connectivity index (χ2n) is 5.92. The van der Waals surface area contributed by atoms with Gasteiger partial charge in [0.1, 0.15) is 6.04 Å². The third-order valence-electron chi connectivity index (χ3n) is 4.56. The molecule has 0 radical (unpaired) electrons. The standard InChI is InChI=1S/C19H15N3O3/c1-2-22-16-9-13(11-3-5-12(6-4-11)19(24)25)7-8-14(16)17-15(18(22)23)10-20-21-17/h3-10,17H,2H2,1H3,(H,24,25). The molecule has 0 saturated heterocycles. The van der Waals surface area contributed by atoms with Crippen molar-refractivity contribution in [2.75, 3.05) is 11.4 Å². The summed E-state index contributed by atoms with van der Waals surface area (Å²) in [6.45, 7) is 2.48. The summed E-state index contributed by atoms with van der Waals surface area (Å²) >= 11 is 0. The number of hydrogen-bond acceptors (Lipinski definition) is 4. The predicted molar refractivity (Wildman–Crippen MR) is 92.5 cm³/mol. The number of fused-ring (bicyclic) bond motifs is 3. The number of amides is 1. The molecular weight excluding hydrogens is 318 g/mol. The lowest BCUT2D eigenvalue weighted by molar-refractivity contribution is -0.115. The highest BCUT2D eigenvalue weighted by atomic mass is 16.4. The van der Waals surface area contributed by atoms with Gasteiger partial charge in [0.15, 0.2) is 0 Å². The zero-order valence-electron chi connectivity index (χ0n) is 13.5. The van der Waals surface area contributed by atoms with E-state index in [4.69, 9.17) is 5.11 Å². The Hall–Kier alpha value is -3.28. The number of likely N-dealkylation sites (N-methyl/N-ethyl adjacent to an activating group) is 1. The summed E-state index contributed by atoms with van der Waals surface area (Å²) < 4.78 is 0. The molecule has 4 rings (SSSR count). The van der Waals surface area contributed by atoms with Crippen molar-refractivity contribution < 1.29 is 14.7 Å². The highest BCUT2D eigenvalue weighted by Gasteiger charge is 2.37. The first-order valence-corrected chi connectivity index (χ1v) is 7.99. The fourth-order valence-electron chi connectivity index (χ4n) is 3.27. The Morgan fingerprint density at radius 1 is 1.16 bits per heavy atom. The fraction of sp³-hybridized carbons (Fsp3) is 0.158. The molecule has 1 unspecified atom stereocenters. The monoisotopic (exact) mass is 333 g/mol. The Balaban J connectivity index is 1.80. The topological polar surface area (TPSA) is 82.3 Å². The smallest absolute Gasteiger partial charge is 0.335 e. The first-order chi connectivity index (χ1) is 12.1. The van der Waals surface area contributed by atoms with Crippen LogP contribution in [0.2, 0.25) is 0 Å². The zero-order chi connectivity index (χ0) is 17.6. The van der Waals surface area contributed by atoms with Crippen molar-refractivity contribution in [1.82, 2.24) is 0 Å². The second-order valence-corrected chi connectivity index (χ2v) is 5.92. The molecule has 0 saturated carbocycles. The van der Waals surface area contributed by atoms with Crippen LogP contribution in [0.4, 0.5) is 5.69 Å². The summed E-state index contributed by atoms with van der Waals surface area (Å²) in [6, 6.07) is 12.2. The van der Waals surface area contributed by atoms with Crippen molar-refractivity contribution in [2.24, 2.45) is 10.2 Å². The van der Waals surface area contributed by atoms with E-state index in [9.17, 15) is 9.59 Å². The van der Waals surface area contributed by atoms with Gasteiger partial charge in [0.05, 0.1) is 23.0 Å². The molecule has 2 aliphatic rings. The van der Waals surface area contributed by atoms with Crippen LogP contribution in [0.5, 0.6) is 0 Å². The number of anilines is 1. The fourth-order valence-corrected chi connectivity index (χ4v) is 3.27. The van der Waals surface area contributed by atoms with Crippen molar-refractivity contribution in [3.63, 3.8) is 0 Å². The average molecular weight is 333 g/mol. The molecule has 6 heteroatoms. The molecule has 6 nitrogen and oxygen atoms in total. The summed E-state index contributed by atoms with van der Waals surface area (Å²) in [5, 5.41) is 17.1. The van der Waals surface area contributed by atoms with Gasteiger partial charge in [-0.3, -0.25) is 4.79 Å². The van der Waals surface area contributed by atoms with E-state index in [1.807, 2.05) is 25.1 Å². The molecule has 0 bridgehead atoms. The highest BCUT2D eigenvalue weighted by Crippen LogP contribution is 2.43. The van der Waals surface area contributed by atoms with Gasteiger partial charge in [0.2, 0.25) is 0 Å². The summed E-state index contributed by atoms with van der Waals surface area (Å²) in [5.74, 6) is -1.02. The minimum atomic E-state index is -0.953. The van der Waals surface area contributed by atoms with Crippen molar-refractivity contribution in [3.05, 3.63) is 65.4 Å². The van der Waals surface area contributed by atoms with Crippen LogP contribution in [0.1, 0.15) is 28.9 Å². The minimum Gasteiger partial charge on any atom is -0.478 e. The molecule has 1 amide bonds. The van der Waals surface area contributed by atoms with Gasteiger partial charge in [0, 0.05) is 12.1 Å². The molecule has 2 aliphatic heterocycles. The normalized spacial score (nSPS) is 18.0. The molecule has 0 aromatic heterocycles. The van der Waals surface area contributed by atoms with Crippen molar-refractivity contribution >= 4 is 17.6 Å². The van der Waals surface area contributed by atoms with E-state index in [1.54, 1.807) is 29.2 Å². The SMILES string of the molecule is CCN1C(=O)C2=CN=NC2c2ccc(-c3ccc(C(=O)O)cc3)cc21. The molecule has 1 N–H and O–H groups in total. The van der Waals surface area contributed by atoms with Gasteiger partial charge in [0.25, 0.3) is 5.91 Å². The molecular formula is C19H15N3O3. The Morgan fingerprint density at radius 3 is 2.56 bits per heavy atom. The molecule has 2 aromatic rings. The summed E-state index contributed by atoms with van der Waals surface area (Å²) in [5.41, 5.74) is 4.45. The van der Waals surface area contributed by atoms with Crippen LogP contribution in [0, 0.1) is 0 Å². The first kappa shape index (κ1) is 15.3. The molecule has 2 heterocycles. The van der Waals surface area contributed by atoms with E-state index in [-0.39, 0.29) is 17.5 Å². The number of aromatic carboxylic acids is 1. The summed E-state index contributed by atoms with van der Waals surface area (Å²) in [4.78, 5) is 25.4. The number of benzene rings is 2. The molecule has 25 heavy (non-hydrogen) atoms. The minimum absolute atomic E-state index is 0.0663. The number of nitrogens with zero attached hydrogens (tertiary/aromatic N) is 3. The lowest BCUT2D eigenvalue weighted by Crippen LogP contribution is -2.37. The molecule has 2 aromatic carbocycles. The number of carbonyl (C=O) groups excluding carboxylic acids is 1. The molecule has 0 spiro atoms. The Bertz CT molecular complexity index is 945. The molecule has 0 aliphatic carbocycles. The van der Waals surface area contributed by atoms with Crippen LogP contribution in [0.25, 0.3) is 11.1 Å². The summed E-state index contributed by atoms with van der Waals surface area (Å²) in [7, 11) is 0. The van der Waals surface area contributed by atoms with Crippen LogP contribution in [0.15, 0.2) is 64.5 Å². The van der Waals surface area contributed by atoms with E-state index in [2.05, 4.69) is 10.2 Å². The number of carbonyl (C=O) groups is 2. The van der Waals surface area contributed by atoms with Gasteiger partial charge >= 0.3 is 5.97 Å². The largest absolute Gasteiger partial charge is 0.478 e. The van der Waals surface area contributed by atoms with Crippen LogP contribution < -0.4 is 4.90 Å². The second kappa shape index (κ2) is 5.66. The summed E-state index contributed by atoms with van der Waals surface area (Å²) in [6.07, 6.45) is 1.54. The molecule has 124 valence electrons. The van der Waals surface area contributed by atoms with Gasteiger partial charge in [-0.25, -0.2) is 4.79 Å². The van der Waals surface area contributed by atoms with Crippen molar-refractivity contribution in [2.45, 2.75) is 13.0 Å². The Labute approximate surface area is 144 Å². The molecule has 1 atom stereocenters. The maximum absolute atomic E-state index is 12.6. The van der Waals surface area contributed by atoms with E-state index in [0.717, 1.165) is 22.4 Å². The van der Waals surface area contributed by atoms with Crippen LogP contribution in [-0.2, 0) is 4.79 Å². The zero-order valence-corrected chi connectivity index (χ0v) is 13.5. The van der Waals surface area contributed by atoms with Crippen LogP contribution in [-0.4, -0.2) is 23.5 Å². The number of carboxylic acids is 1. The predicted octanol–water partition coefficient (Wildman–Crippen LogP) is 3.81. The first-order valence-electron chi connectivity index (χ1n) is 7.99. The maximum Gasteiger partial charge on any atom is 0.335 e. The Kier molecular flexibility index (Phi) is 3.46. The van der Waals surface area contributed by atoms with Gasteiger partial charge in [-0.2, -0.15) is 10.2 Å². The number of azo groups is 1. The lowest BCUT2D eigenvalue weighted by Gasteiger charge is -2.32. The van der Waals surface area contributed by atoms with Gasteiger partial charge in [-0.05, 0) is 36.2 Å². The third kappa shape index (κ3) is 2.34. The quantitative estimate of drug-likeness (QED) is 0.927. The van der Waals surface area contributed by atoms with Gasteiger partial charge < -0.3 is 10.0 Å². The van der Waals surface area contributed by atoms with Crippen molar-refractivity contribution in [1.29, 1.82) is 0 Å². The van der Waals surface area contributed by atoms with Gasteiger partial charge in [-0.15, -0.1) is 0 Å². The third-order valence-corrected chi connectivity index (χ3v) is 4.56. The van der Waals surface area contributed by atoms with Gasteiger partial charge in [-0.1, -0.05) is 24.3 Å². The maximum atomic E-state index is 12.6. The molecule has 0 fully saturated rings. The average Bonchev–Trinajstić information content (AvgIpc) is 3.12. The number of rotatable bonds is 3. The number of carboxylic acid groups (broad SMARTS) is 1. The highest BCUT2D eigenvalue weighted by molar-refractivity contribution is 6.10. The van der Waals surface area contributed by atoms with Crippen molar-refractivity contribution in [3.8, 4) is 11.1 Å². The van der Waals surface area contributed by atoms with E-state index in [0.29, 0.717) is 12.1 Å². The number of hydrogen-bond donors (Lipinski definition) is 1. The van der Waals surface area contributed by atoms with E-state index >= 15 is 0 Å². The van der Waals surface area contributed by atoms with E-state index < -0.39 is 5.97 Å².